The van der Waals surface area contributed by atoms with Gasteiger partial charge in [0.25, 0.3) is 0 Å². The van der Waals surface area contributed by atoms with E-state index in [2.05, 4.69) is 25.2 Å². The van der Waals surface area contributed by atoms with Crippen LogP contribution in [0.3, 0.4) is 0 Å². The molecule has 1 aliphatic rings. The molecule has 1 heterocycles. The third-order valence-corrected chi connectivity index (χ3v) is 3.70. The van der Waals surface area contributed by atoms with Crippen molar-refractivity contribution in [1.29, 1.82) is 0 Å². The predicted molar refractivity (Wildman–Crippen MR) is 82.4 cm³/mol. The second-order valence-corrected chi connectivity index (χ2v) is 6.20. The average molecular weight is 298 g/mol. The van der Waals surface area contributed by atoms with Crippen molar-refractivity contribution in [2.45, 2.75) is 26.8 Å². The van der Waals surface area contributed by atoms with E-state index < -0.39 is 0 Å². The van der Waals surface area contributed by atoms with E-state index in [4.69, 9.17) is 21.1 Å². The van der Waals surface area contributed by atoms with Gasteiger partial charge in [0.2, 0.25) is 0 Å². The van der Waals surface area contributed by atoms with Crippen LogP contribution in [-0.4, -0.2) is 26.4 Å². The summed E-state index contributed by atoms with van der Waals surface area (Å²) >= 11 is 6.27. The maximum Gasteiger partial charge on any atom is 0.142 e. The molecule has 4 heteroatoms. The minimum absolute atomic E-state index is 0.489. The highest BCUT2D eigenvalue weighted by Crippen LogP contribution is 2.29. The van der Waals surface area contributed by atoms with Gasteiger partial charge in [-0.3, -0.25) is 0 Å². The van der Waals surface area contributed by atoms with Crippen molar-refractivity contribution in [1.82, 2.24) is 5.32 Å². The first-order valence-corrected chi connectivity index (χ1v) is 7.73. The second kappa shape index (κ2) is 7.87. The fourth-order valence-corrected chi connectivity index (χ4v) is 2.51. The van der Waals surface area contributed by atoms with Crippen molar-refractivity contribution in [3.8, 4) is 5.75 Å². The van der Waals surface area contributed by atoms with Crippen LogP contribution in [0.4, 0.5) is 0 Å². The largest absolute Gasteiger partial charge is 0.491 e. The summed E-state index contributed by atoms with van der Waals surface area (Å²) in [6, 6.07) is 5.92. The van der Waals surface area contributed by atoms with Crippen LogP contribution in [0.5, 0.6) is 5.75 Å². The summed E-state index contributed by atoms with van der Waals surface area (Å²) in [5.74, 6) is 1.94. The summed E-state index contributed by atoms with van der Waals surface area (Å²) in [7, 11) is 0. The Bertz CT molecular complexity index is 417. The van der Waals surface area contributed by atoms with Crippen LogP contribution in [0.15, 0.2) is 18.2 Å². The molecule has 1 atom stereocenters. The monoisotopic (exact) mass is 297 g/mol. The molecule has 1 N–H and O–H groups in total. The second-order valence-electron chi connectivity index (χ2n) is 5.79. The van der Waals surface area contributed by atoms with E-state index in [9.17, 15) is 0 Å². The lowest BCUT2D eigenvalue weighted by atomic mass is 10.1. The lowest BCUT2D eigenvalue weighted by Crippen LogP contribution is -2.20. The molecule has 1 aliphatic heterocycles. The van der Waals surface area contributed by atoms with Gasteiger partial charge < -0.3 is 14.8 Å². The van der Waals surface area contributed by atoms with E-state index in [0.717, 1.165) is 44.0 Å². The lowest BCUT2D eigenvalue weighted by molar-refractivity contribution is 0.166. The maximum absolute atomic E-state index is 6.27. The standard InChI is InChI=1S/C16H24ClNO2/c1-12(2)8-18-9-14-4-3-5-15(17)16(14)20-11-13-6-7-19-10-13/h3-5,12-13,18H,6-11H2,1-2H3. The van der Waals surface area contributed by atoms with Gasteiger partial charge in [-0.2, -0.15) is 0 Å². The Morgan fingerprint density at radius 1 is 1.45 bits per heavy atom. The Morgan fingerprint density at radius 3 is 3.00 bits per heavy atom. The summed E-state index contributed by atoms with van der Waals surface area (Å²) in [5.41, 5.74) is 1.12. The fraction of sp³-hybridized carbons (Fsp3) is 0.625. The molecule has 0 spiro atoms. The molecule has 2 rings (SSSR count). The van der Waals surface area contributed by atoms with Crippen molar-refractivity contribution in [3.63, 3.8) is 0 Å². The Kier molecular flexibility index (Phi) is 6.14. The van der Waals surface area contributed by atoms with Gasteiger partial charge in [0.1, 0.15) is 5.75 Å². The molecule has 0 radical (unpaired) electrons. The number of hydrogen-bond acceptors (Lipinski definition) is 3. The van der Waals surface area contributed by atoms with E-state index in [1.54, 1.807) is 0 Å². The van der Waals surface area contributed by atoms with Crippen LogP contribution in [0.2, 0.25) is 5.02 Å². The molecule has 1 unspecified atom stereocenters. The Morgan fingerprint density at radius 2 is 2.30 bits per heavy atom. The molecule has 0 saturated carbocycles. The molecule has 112 valence electrons. The summed E-state index contributed by atoms with van der Waals surface area (Å²) in [4.78, 5) is 0. The quantitative estimate of drug-likeness (QED) is 0.835. The Labute approximate surface area is 126 Å². The van der Waals surface area contributed by atoms with Crippen molar-refractivity contribution in [2.24, 2.45) is 11.8 Å². The van der Waals surface area contributed by atoms with Crippen LogP contribution in [0, 0.1) is 11.8 Å². The zero-order valence-corrected chi connectivity index (χ0v) is 13.1. The topological polar surface area (TPSA) is 30.5 Å². The third kappa shape index (κ3) is 4.65. The highest BCUT2D eigenvalue weighted by Gasteiger charge is 2.18. The first kappa shape index (κ1) is 15.6. The number of nitrogens with one attached hydrogen (secondary N) is 1. The van der Waals surface area contributed by atoms with Gasteiger partial charge in [-0.25, -0.2) is 0 Å². The highest BCUT2D eigenvalue weighted by atomic mass is 35.5. The minimum Gasteiger partial charge on any atom is -0.491 e. The number of rotatable bonds is 7. The van der Waals surface area contributed by atoms with Gasteiger partial charge in [0.05, 0.1) is 18.2 Å². The van der Waals surface area contributed by atoms with Gasteiger partial charge in [-0.1, -0.05) is 37.6 Å². The molecule has 0 amide bonds. The molecule has 0 bridgehead atoms. The van der Waals surface area contributed by atoms with Crippen LogP contribution in [0.1, 0.15) is 25.8 Å². The summed E-state index contributed by atoms with van der Waals surface area (Å²) < 4.78 is 11.3. The summed E-state index contributed by atoms with van der Waals surface area (Å²) in [5, 5.41) is 4.12. The molecule has 1 aromatic carbocycles. The van der Waals surface area contributed by atoms with E-state index >= 15 is 0 Å². The van der Waals surface area contributed by atoms with Gasteiger partial charge >= 0.3 is 0 Å². The highest BCUT2D eigenvalue weighted by molar-refractivity contribution is 6.32. The number of hydrogen-bond donors (Lipinski definition) is 1. The van der Waals surface area contributed by atoms with E-state index in [-0.39, 0.29) is 0 Å². The van der Waals surface area contributed by atoms with Crippen LogP contribution in [-0.2, 0) is 11.3 Å². The predicted octanol–water partition coefficient (Wildman–Crippen LogP) is 3.50. The van der Waals surface area contributed by atoms with E-state index in [1.165, 1.54) is 0 Å². The third-order valence-electron chi connectivity index (χ3n) is 3.40. The van der Waals surface area contributed by atoms with Gasteiger partial charge in [0, 0.05) is 24.6 Å². The molecule has 1 fully saturated rings. The molecular formula is C16H24ClNO2. The van der Waals surface area contributed by atoms with Crippen molar-refractivity contribution in [2.75, 3.05) is 26.4 Å². The number of ether oxygens (including phenoxy) is 2. The SMILES string of the molecule is CC(C)CNCc1cccc(Cl)c1OCC1CCOC1. The first-order chi connectivity index (χ1) is 9.66. The zero-order valence-electron chi connectivity index (χ0n) is 12.3. The van der Waals surface area contributed by atoms with Gasteiger partial charge in [-0.05, 0) is 24.9 Å². The van der Waals surface area contributed by atoms with Crippen molar-refractivity contribution < 1.29 is 9.47 Å². The van der Waals surface area contributed by atoms with Crippen molar-refractivity contribution >= 4 is 11.6 Å². The maximum atomic E-state index is 6.27. The van der Waals surface area contributed by atoms with Crippen LogP contribution < -0.4 is 10.1 Å². The molecule has 1 saturated heterocycles. The number of halogens is 1. The number of para-hydroxylation sites is 1. The number of benzene rings is 1. The van der Waals surface area contributed by atoms with E-state index in [0.29, 0.717) is 23.5 Å². The van der Waals surface area contributed by atoms with E-state index in [1.807, 2.05) is 12.1 Å². The fourth-order valence-electron chi connectivity index (χ4n) is 2.27. The zero-order chi connectivity index (χ0) is 14.4. The Hall–Kier alpha value is -0.770. The lowest BCUT2D eigenvalue weighted by Gasteiger charge is -2.16. The van der Waals surface area contributed by atoms with Gasteiger partial charge in [-0.15, -0.1) is 0 Å². The molecule has 3 nitrogen and oxygen atoms in total. The smallest absolute Gasteiger partial charge is 0.142 e. The van der Waals surface area contributed by atoms with Crippen molar-refractivity contribution in [3.05, 3.63) is 28.8 Å². The molecule has 0 aromatic heterocycles. The first-order valence-electron chi connectivity index (χ1n) is 7.35. The molecule has 1 aromatic rings. The molecule has 20 heavy (non-hydrogen) atoms. The Balaban J connectivity index is 1.94. The minimum atomic E-state index is 0.489. The summed E-state index contributed by atoms with van der Waals surface area (Å²) in [6.45, 7) is 8.49. The molecular weight excluding hydrogens is 274 g/mol. The summed E-state index contributed by atoms with van der Waals surface area (Å²) in [6.07, 6.45) is 1.07. The van der Waals surface area contributed by atoms with Gasteiger partial charge in [0.15, 0.2) is 0 Å². The van der Waals surface area contributed by atoms with Crippen LogP contribution >= 0.6 is 11.6 Å². The molecule has 0 aliphatic carbocycles. The van der Waals surface area contributed by atoms with Crippen LogP contribution in [0.25, 0.3) is 0 Å². The normalized spacial score (nSPS) is 18.7. The average Bonchev–Trinajstić information content (AvgIpc) is 2.90.